The topological polar surface area (TPSA) is 40.5 Å². The highest BCUT2D eigenvalue weighted by molar-refractivity contribution is 5.80. The Morgan fingerprint density at radius 3 is 2.45 bits per heavy atom. The molecule has 0 aromatic carbocycles. The molecule has 0 radical (unpaired) electrons. The Bertz CT molecular complexity index is 177. The summed E-state index contributed by atoms with van der Waals surface area (Å²) in [5.74, 6) is -0.104. The van der Waals surface area contributed by atoms with Gasteiger partial charge in [0.15, 0.2) is 0 Å². The molecule has 1 heterocycles. The third kappa shape index (κ3) is 1.25. The van der Waals surface area contributed by atoms with Gasteiger partial charge in [0.1, 0.15) is 0 Å². The Kier molecular flexibility index (Phi) is 1.92. The number of rotatable bonds is 1. The fourth-order valence-electron chi connectivity index (χ4n) is 1.57. The number of amides is 1. The Labute approximate surface area is 67.0 Å². The minimum Gasteiger partial charge on any atom is -0.285 e. The Hall–Kier alpha value is -0.570. The van der Waals surface area contributed by atoms with Gasteiger partial charge in [0.2, 0.25) is 5.91 Å². The molecule has 0 aromatic heterocycles. The molecular formula is C8H15NO2. The van der Waals surface area contributed by atoms with Gasteiger partial charge in [0, 0.05) is 5.92 Å². The molecule has 64 valence electrons. The van der Waals surface area contributed by atoms with Gasteiger partial charge < -0.3 is 0 Å². The molecule has 1 fully saturated rings. The lowest BCUT2D eigenvalue weighted by Crippen LogP contribution is -2.37. The van der Waals surface area contributed by atoms with Crippen molar-refractivity contribution in [1.82, 2.24) is 5.06 Å². The van der Waals surface area contributed by atoms with E-state index >= 15 is 0 Å². The molecule has 1 aliphatic rings. The zero-order chi connectivity index (χ0) is 8.65. The lowest BCUT2D eigenvalue weighted by atomic mass is 9.95. The minimum absolute atomic E-state index is 0.0231. The normalized spacial score (nSPS) is 29.6. The molecule has 3 heteroatoms. The second-order valence-electron chi connectivity index (χ2n) is 3.77. The van der Waals surface area contributed by atoms with Crippen LogP contribution in [0.2, 0.25) is 0 Å². The molecule has 0 aliphatic carbocycles. The first kappa shape index (κ1) is 8.53. The van der Waals surface area contributed by atoms with Crippen LogP contribution in [0.15, 0.2) is 0 Å². The van der Waals surface area contributed by atoms with Gasteiger partial charge in [-0.05, 0) is 26.7 Å². The standard InChI is InChI=1S/C8H15NO2/c1-4-6-5-8(2,3)9(11)7(6)10/h6,11H,4-5H2,1-3H3. The van der Waals surface area contributed by atoms with Gasteiger partial charge in [-0.25, -0.2) is 5.06 Å². The first-order valence-corrected chi connectivity index (χ1v) is 4.02. The lowest BCUT2D eigenvalue weighted by molar-refractivity contribution is -0.177. The van der Waals surface area contributed by atoms with Crippen molar-refractivity contribution < 1.29 is 10.0 Å². The van der Waals surface area contributed by atoms with E-state index in [1.165, 1.54) is 0 Å². The van der Waals surface area contributed by atoms with E-state index in [2.05, 4.69) is 0 Å². The van der Waals surface area contributed by atoms with E-state index in [0.717, 1.165) is 17.9 Å². The molecule has 0 spiro atoms. The smallest absolute Gasteiger partial charge is 0.249 e. The predicted octanol–water partition coefficient (Wildman–Crippen LogP) is 1.41. The van der Waals surface area contributed by atoms with Gasteiger partial charge >= 0.3 is 0 Å². The molecule has 0 bridgehead atoms. The van der Waals surface area contributed by atoms with Gasteiger partial charge in [0.25, 0.3) is 0 Å². The van der Waals surface area contributed by atoms with Gasteiger partial charge in [-0.15, -0.1) is 0 Å². The molecule has 1 atom stereocenters. The summed E-state index contributed by atoms with van der Waals surface area (Å²) < 4.78 is 0. The van der Waals surface area contributed by atoms with Crippen molar-refractivity contribution in [2.45, 2.75) is 39.2 Å². The van der Waals surface area contributed by atoms with Crippen LogP contribution in [0.4, 0.5) is 0 Å². The van der Waals surface area contributed by atoms with Crippen LogP contribution < -0.4 is 0 Å². The fourth-order valence-corrected chi connectivity index (χ4v) is 1.57. The van der Waals surface area contributed by atoms with Gasteiger partial charge in [-0.3, -0.25) is 10.0 Å². The van der Waals surface area contributed by atoms with Crippen LogP contribution in [0.25, 0.3) is 0 Å². The summed E-state index contributed by atoms with van der Waals surface area (Å²) in [4.78, 5) is 11.2. The molecule has 1 N–H and O–H groups in total. The molecule has 3 nitrogen and oxygen atoms in total. The average molecular weight is 157 g/mol. The van der Waals surface area contributed by atoms with E-state index in [1.54, 1.807) is 0 Å². The molecule has 1 unspecified atom stereocenters. The maximum absolute atomic E-state index is 11.2. The van der Waals surface area contributed by atoms with Crippen LogP contribution in [-0.2, 0) is 4.79 Å². The zero-order valence-corrected chi connectivity index (χ0v) is 7.29. The second-order valence-corrected chi connectivity index (χ2v) is 3.77. The van der Waals surface area contributed by atoms with Gasteiger partial charge in [0.05, 0.1) is 5.54 Å². The number of hydroxylamine groups is 2. The summed E-state index contributed by atoms with van der Waals surface area (Å²) >= 11 is 0. The van der Waals surface area contributed by atoms with Crippen molar-refractivity contribution in [3.63, 3.8) is 0 Å². The molecule has 11 heavy (non-hydrogen) atoms. The summed E-state index contributed by atoms with van der Waals surface area (Å²) in [5.41, 5.74) is -0.363. The van der Waals surface area contributed by atoms with Crippen molar-refractivity contribution in [1.29, 1.82) is 0 Å². The molecule has 1 saturated heterocycles. The fraction of sp³-hybridized carbons (Fsp3) is 0.875. The Morgan fingerprint density at radius 1 is 1.73 bits per heavy atom. The van der Waals surface area contributed by atoms with E-state index < -0.39 is 0 Å². The van der Waals surface area contributed by atoms with E-state index in [9.17, 15) is 10.0 Å². The number of hydrogen-bond donors (Lipinski definition) is 1. The highest BCUT2D eigenvalue weighted by Gasteiger charge is 2.43. The van der Waals surface area contributed by atoms with Gasteiger partial charge in [-0.2, -0.15) is 0 Å². The first-order valence-electron chi connectivity index (χ1n) is 4.02. The largest absolute Gasteiger partial charge is 0.285 e. The third-order valence-electron chi connectivity index (χ3n) is 2.37. The maximum atomic E-state index is 11.2. The maximum Gasteiger partial charge on any atom is 0.249 e. The third-order valence-corrected chi connectivity index (χ3v) is 2.37. The summed E-state index contributed by atoms with van der Waals surface area (Å²) in [7, 11) is 0. The van der Waals surface area contributed by atoms with Gasteiger partial charge in [-0.1, -0.05) is 6.92 Å². The summed E-state index contributed by atoms with van der Waals surface area (Å²) in [6.45, 7) is 5.72. The van der Waals surface area contributed by atoms with E-state index in [4.69, 9.17) is 0 Å². The molecule has 0 saturated carbocycles. The Morgan fingerprint density at radius 2 is 2.27 bits per heavy atom. The SMILES string of the molecule is CCC1CC(C)(C)N(O)C1=O. The van der Waals surface area contributed by atoms with Crippen LogP contribution in [0.1, 0.15) is 33.6 Å². The van der Waals surface area contributed by atoms with Crippen LogP contribution >= 0.6 is 0 Å². The van der Waals surface area contributed by atoms with E-state index in [-0.39, 0.29) is 17.4 Å². The zero-order valence-electron chi connectivity index (χ0n) is 7.29. The predicted molar refractivity (Wildman–Crippen MR) is 41.1 cm³/mol. The van der Waals surface area contributed by atoms with E-state index in [0.29, 0.717) is 0 Å². The highest BCUT2D eigenvalue weighted by Crippen LogP contribution is 2.33. The molecule has 0 aromatic rings. The quantitative estimate of drug-likeness (QED) is 0.585. The van der Waals surface area contributed by atoms with Crippen LogP contribution in [0.3, 0.4) is 0 Å². The minimum atomic E-state index is -0.363. The number of hydrogen-bond acceptors (Lipinski definition) is 2. The number of nitrogens with zero attached hydrogens (tertiary/aromatic N) is 1. The molecule has 1 amide bonds. The molecule has 1 rings (SSSR count). The Balaban J connectivity index is 2.77. The highest BCUT2D eigenvalue weighted by atomic mass is 16.5. The summed E-state index contributed by atoms with van der Waals surface area (Å²) in [6, 6.07) is 0. The van der Waals surface area contributed by atoms with Crippen molar-refractivity contribution in [3.8, 4) is 0 Å². The van der Waals surface area contributed by atoms with Crippen LogP contribution in [-0.4, -0.2) is 21.7 Å². The average Bonchev–Trinajstić information content (AvgIpc) is 2.13. The second kappa shape index (κ2) is 2.48. The van der Waals surface area contributed by atoms with E-state index in [1.807, 2.05) is 20.8 Å². The van der Waals surface area contributed by atoms with Crippen molar-refractivity contribution in [2.24, 2.45) is 5.92 Å². The van der Waals surface area contributed by atoms with Crippen molar-refractivity contribution >= 4 is 5.91 Å². The van der Waals surface area contributed by atoms with Crippen molar-refractivity contribution in [3.05, 3.63) is 0 Å². The number of carbonyl (C=O) groups excluding carboxylic acids is 1. The van der Waals surface area contributed by atoms with Crippen LogP contribution in [0, 0.1) is 5.92 Å². The van der Waals surface area contributed by atoms with Crippen molar-refractivity contribution in [2.75, 3.05) is 0 Å². The monoisotopic (exact) mass is 157 g/mol. The summed E-state index contributed by atoms with van der Waals surface area (Å²) in [5, 5.41) is 10.2. The summed E-state index contributed by atoms with van der Waals surface area (Å²) in [6.07, 6.45) is 1.58. The van der Waals surface area contributed by atoms with Crippen LogP contribution in [0.5, 0.6) is 0 Å². The number of carbonyl (C=O) groups is 1. The molecular weight excluding hydrogens is 142 g/mol. The lowest BCUT2D eigenvalue weighted by Gasteiger charge is -2.24. The molecule has 1 aliphatic heterocycles. The first-order chi connectivity index (χ1) is 4.99.